The molecule has 0 fully saturated rings. The Balaban J connectivity index is 1.66. The molecule has 0 N–H and O–H groups in total. The molecule has 6 heteroatoms. The number of carbonyl (C=O) groups is 1. The smallest absolute Gasteiger partial charge is 0.132 e. The summed E-state index contributed by atoms with van der Waals surface area (Å²) in [5.74, 6) is 2.49. The molecule has 0 saturated heterocycles. The van der Waals surface area contributed by atoms with Crippen molar-refractivity contribution in [3.05, 3.63) is 113 Å². The Hall–Kier alpha value is -4.71. The van der Waals surface area contributed by atoms with Crippen molar-refractivity contribution in [2.24, 2.45) is 0 Å². The summed E-state index contributed by atoms with van der Waals surface area (Å²) in [6, 6.07) is 27.0. The summed E-state index contributed by atoms with van der Waals surface area (Å²) < 4.78 is 28.0. The van der Waals surface area contributed by atoms with Gasteiger partial charge in [0.15, 0.2) is 0 Å². The number of hydrogen-bond donors (Lipinski definition) is 0. The molecule has 0 radical (unpaired) electrons. The lowest BCUT2D eigenvalue weighted by atomic mass is 9.87. The van der Waals surface area contributed by atoms with Gasteiger partial charge >= 0.3 is 0 Å². The second-order valence-electron chi connectivity index (χ2n) is 8.77. The summed E-state index contributed by atoms with van der Waals surface area (Å²) in [6.07, 6.45) is 4.83. The molecule has 0 spiro atoms. The topological polar surface area (TPSA) is 63.2 Å². The van der Waals surface area contributed by atoms with Crippen molar-refractivity contribution in [1.29, 1.82) is 0 Å². The summed E-state index contributed by atoms with van der Waals surface area (Å²) >= 11 is 0. The number of aldehydes is 1. The lowest BCUT2D eigenvalue weighted by molar-refractivity contribution is -0.108. The number of rotatable bonds is 12. The van der Waals surface area contributed by atoms with Crippen molar-refractivity contribution < 1.29 is 28.5 Å². The molecule has 0 bridgehead atoms. The maximum absolute atomic E-state index is 12.5. The fourth-order valence-corrected chi connectivity index (χ4v) is 4.30. The van der Waals surface area contributed by atoms with E-state index < -0.39 is 5.92 Å². The zero-order valence-electron chi connectivity index (χ0n) is 22.5. The lowest BCUT2D eigenvalue weighted by Crippen LogP contribution is -2.08. The van der Waals surface area contributed by atoms with E-state index in [2.05, 4.69) is 0 Å². The predicted molar refractivity (Wildman–Crippen MR) is 153 cm³/mol. The third kappa shape index (κ3) is 6.79. The Morgan fingerprint density at radius 2 is 1.31 bits per heavy atom. The highest BCUT2D eigenvalue weighted by Crippen LogP contribution is 2.39. The van der Waals surface area contributed by atoms with Crippen LogP contribution in [0.25, 0.3) is 12.2 Å². The van der Waals surface area contributed by atoms with E-state index in [0.29, 0.717) is 35.2 Å². The fraction of sp³-hybridized carbons (Fsp3) is 0.182. The van der Waals surface area contributed by atoms with Gasteiger partial charge < -0.3 is 28.5 Å². The lowest BCUT2D eigenvalue weighted by Gasteiger charge is -2.20. The molecular weight excluding hydrogens is 492 g/mol. The van der Waals surface area contributed by atoms with Crippen LogP contribution in [0.2, 0.25) is 0 Å². The van der Waals surface area contributed by atoms with Gasteiger partial charge in [0.05, 0.1) is 34.4 Å². The van der Waals surface area contributed by atoms with Gasteiger partial charge in [0, 0.05) is 17.7 Å². The number of benzene rings is 4. The number of carbonyl (C=O) groups excluding carboxylic acids is 1. The molecule has 0 heterocycles. The molecule has 200 valence electrons. The molecular formula is C33H32O6. The van der Waals surface area contributed by atoms with Crippen LogP contribution in [0.3, 0.4) is 0 Å². The first kappa shape index (κ1) is 27.3. The van der Waals surface area contributed by atoms with Gasteiger partial charge in [-0.1, -0.05) is 54.6 Å². The molecule has 0 aliphatic carbocycles. The molecule has 39 heavy (non-hydrogen) atoms. The highest BCUT2D eigenvalue weighted by atomic mass is 16.5. The minimum Gasteiger partial charge on any atom is -0.497 e. The Morgan fingerprint density at radius 1 is 0.667 bits per heavy atom. The van der Waals surface area contributed by atoms with Gasteiger partial charge in [0.25, 0.3) is 0 Å². The van der Waals surface area contributed by atoms with Gasteiger partial charge in [-0.3, -0.25) is 0 Å². The second kappa shape index (κ2) is 13.2. The van der Waals surface area contributed by atoms with Crippen LogP contribution in [0.15, 0.2) is 84.9 Å². The Morgan fingerprint density at radius 3 is 1.90 bits per heavy atom. The maximum atomic E-state index is 12.5. The molecule has 0 aromatic heterocycles. The van der Waals surface area contributed by atoms with E-state index >= 15 is 0 Å². The minimum absolute atomic E-state index is 0.505. The normalized spacial score (nSPS) is 11.6. The van der Waals surface area contributed by atoms with Crippen LogP contribution >= 0.6 is 0 Å². The van der Waals surface area contributed by atoms with E-state index in [-0.39, 0.29) is 0 Å². The van der Waals surface area contributed by atoms with E-state index in [1.807, 2.05) is 84.9 Å². The van der Waals surface area contributed by atoms with Crippen LogP contribution < -0.4 is 23.7 Å². The summed E-state index contributed by atoms with van der Waals surface area (Å²) in [6.45, 7) is 0.505. The number of ether oxygens (including phenoxy) is 5. The van der Waals surface area contributed by atoms with Crippen molar-refractivity contribution >= 4 is 18.4 Å². The van der Waals surface area contributed by atoms with Gasteiger partial charge in [0.2, 0.25) is 0 Å². The zero-order valence-corrected chi connectivity index (χ0v) is 22.5. The number of methoxy groups -OCH3 is 4. The quantitative estimate of drug-likeness (QED) is 0.150. The highest BCUT2D eigenvalue weighted by Gasteiger charge is 2.23. The monoisotopic (exact) mass is 524 g/mol. The molecule has 4 aromatic rings. The molecule has 4 aromatic carbocycles. The predicted octanol–water partition coefficient (Wildman–Crippen LogP) is 6.80. The second-order valence-corrected chi connectivity index (χ2v) is 8.77. The largest absolute Gasteiger partial charge is 0.497 e. The first-order valence-corrected chi connectivity index (χ1v) is 12.5. The van der Waals surface area contributed by atoms with E-state index in [1.54, 1.807) is 40.6 Å². The summed E-state index contributed by atoms with van der Waals surface area (Å²) in [5, 5.41) is 0. The molecule has 0 amide bonds. The average Bonchev–Trinajstić information content (AvgIpc) is 3.00. The van der Waals surface area contributed by atoms with Crippen LogP contribution in [-0.4, -0.2) is 34.7 Å². The molecule has 1 atom stereocenters. The minimum atomic E-state index is -0.636. The molecule has 0 aliphatic heterocycles. The molecule has 1 unspecified atom stereocenters. The number of hydrogen-bond acceptors (Lipinski definition) is 6. The van der Waals surface area contributed by atoms with E-state index in [0.717, 1.165) is 34.3 Å². The molecule has 0 saturated carbocycles. The third-order valence-corrected chi connectivity index (χ3v) is 6.37. The highest BCUT2D eigenvalue weighted by molar-refractivity contribution is 5.80. The van der Waals surface area contributed by atoms with Crippen LogP contribution in [-0.2, 0) is 11.4 Å². The first-order valence-electron chi connectivity index (χ1n) is 12.5. The average molecular weight is 525 g/mol. The van der Waals surface area contributed by atoms with E-state index in [1.165, 1.54) is 0 Å². The summed E-state index contributed by atoms with van der Waals surface area (Å²) in [5.41, 5.74) is 4.30. The van der Waals surface area contributed by atoms with Crippen LogP contribution in [0.5, 0.6) is 28.7 Å². The van der Waals surface area contributed by atoms with Crippen molar-refractivity contribution in [2.45, 2.75) is 12.5 Å². The van der Waals surface area contributed by atoms with Crippen molar-refractivity contribution in [3.63, 3.8) is 0 Å². The Labute approximate surface area is 229 Å². The van der Waals surface area contributed by atoms with E-state index in [9.17, 15) is 4.79 Å². The van der Waals surface area contributed by atoms with Crippen LogP contribution in [0.1, 0.15) is 33.7 Å². The van der Waals surface area contributed by atoms with Gasteiger partial charge in [-0.15, -0.1) is 0 Å². The summed E-state index contributed by atoms with van der Waals surface area (Å²) in [4.78, 5) is 12.5. The molecule has 6 nitrogen and oxygen atoms in total. The maximum Gasteiger partial charge on any atom is 0.132 e. The molecule has 4 rings (SSSR count). The van der Waals surface area contributed by atoms with E-state index in [4.69, 9.17) is 23.7 Å². The fourth-order valence-electron chi connectivity index (χ4n) is 4.30. The Kier molecular flexibility index (Phi) is 9.25. The van der Waals surface area contributed by atoms with Crippen LogP contribution in [0, 0.1) is 0 Å². The van der Waals surface area contributed by atoms with Gasteiger partial charge in [-0.2, -0.15) is 0 Å². The first-order chi connectivity index (χ1) is 19.1. The van der Waals surface area contributed by atoms with Gasteiger partial charge in [-0.05, 0) is 52.6 Å². The van der Waals surface area contributed by atoms with Crippen molar-refractivity contribution in [3.8, 4) is 28.7 Å². The van der Waals surface area contributed by atoms with Gasteiger partial charge in [0.1, 0.15) is 41.6 Å². The third-order valence-electron chi connectivity index (χ3n) is 6.37. The van der Waals surface area contributed by atoms with Crippen LogP contribution in [0.4, 0.5) is 0 Å². The molecule has 0 aliphatic rings. The standard InChI is InChI=1S/C33H32O6/c1-35-28-17-26(18-29(19-28)36-2)31(21-34)33-25(16-30(37-3)20-32(33)38-4)13-10-23-11-14-27(15-12-23)39-22-24-8-6-5-7-9-24/h5-21,31H,22H2,1-4H3/b13-10+. The van der Waals surface area contributed by atoms with Crippen molar-refractivity contribution in [2.75, 3.05) is 28.4 Å². The Bertz CT molecular complexity index is 1390. The van der Waals surface area contributed by atoms with Crippen molar-refractivity contribution in [1.82, 2.24) is 0 Å². The summed E-state index contributed by atoms with van der Waals surface area (Å²) in [7, 11) is 6.33. The SMILES string of the molecule is COc1cc(OC)cc(C(C=O)c2c(/C=C/c3ccc(OCc4ccccc4)cc3)cc(OC)cc2OC)c1. The zero-order chi connectivity index (χ0) is 27.6. The van der Waals surface area contributed by atoms with Gasteiger partial charge in [-0.25, -0.2) is 0 Å².